The molecule has 4 nitrogen and oxygen atoms in total. The SMILES string of the molecule is COCC1(C)CCN(C(=O)[C@@H](C)N)CC1.Cl. The maximum atomic E-state index is 11.6. The van der Waals surface area contributed by atoms with E-state index >= 15 is 0 Å². The number of likely N-dealkylation sites (tertiary alicyclic amines) is 1. The number of nitrogens with zero attached hydrogens (tertiary/aromatic N) is 1. The molecule has 0 aromatic rings. The summed E-state index contributed by atoms with van der Waals surface area (Å²) in [7, 11) is 1.73. The highest BCUT2D eigenvalue weighted by molar-refractivity contribution is 5.85. The minimum atomic E-state index is -0.378. The van der Waals surface area contributed by atoms with E-state index in [0.29, 0.717) is 0 Å². The number of carbonyl (C=O) groups excluding carboxylic acids is 1. The van der Waals surface area contributed by atoms with E-state index in [1.807, 2.05) is 4.90 Å². The predicted octanol–water partition coefficient (Wildman–Crippen LogP) is 1.03. The Morgan fingerprint density at radius 1 is 1.50 bits per heavy atom. The fraction of sp³-hybridized carbons (Fsp3) is 0.909. The molecule has 1 heterocycles. The van der Waals surface area contributed by atoms with Gasteiger partial charge in [-0.25, -0.2) is 0 Å². The van der Waals surface area contributed by atoms with Crippen LogP contribution in [0.5, 0.6) is 0 Å². The molecule has 0 spiro atoms. The Hall–Kier alpha value is -0.320. The molecule has 5 heteroatoms. The van der Waals surface area contributed by atoms with Crippen LogP contribution < -0.4 is 5.73 Å². The molecule has 0 radical (unpaired) electrons. The zero-order valence-electron chi connectivity index (χ0n) is 10.4. The molecule has 1 aliphatic rings. The molecule has 1 atom stereocenters. The number of methoxy groups -OCH3 is 1. The molecule has 2 N–H and O–H groups in total. The monoisotopic (exact) mass is 250 g/mol. The third kappa shape index (κ3) is 3.92. The summed E-state index contributed by atoms with van der Waals surface area (Å²) < 4.78 is 5.20. The van der Waals surface area contributed by atoms with E-state index in [9.17, 15) is 4.79 Å². The van der Waals surface area contributed by atoms with Crippen LogP contribution in [-0.4, -0.2) is 43.7 Å². The van der Waals surface area contributed by atoms with Crippen LogP contribution in [-0.2, 0) is 9.53 Å². The summed E-state index contributed by atoms with van der Waals surface area (Å²) in [5, 5.41) is 0. The summed E-state index contributed by atoms with van der Waals surface area (Å²) in [6.07, 6.45) is 2.00. The fourth-order valence-corrected chi connectivity index (χ4v) is 2.05. The molecular weight excluding hydrogens is 228 g/mol. The first kappa shape index (κ1) is 15.7. The highest BCUT2D eigenvalue weighted by Crippen LogP contribution is 2.30. The van der Waals surface area contributed by atoms with E-state index < -0.39 is 0 Å². The highest BCUT2D eigenvalue weighted by Gasteiger charge is 2.32. The van der Waals surface area contributed by atoms with E-state index in [-0.39, 0.29) is 29.8 Å². The van der Waals surface area contributed by atoms with Gasteiger partial charge in [0.25, 0.3) is 0 Å². The molecule has 0 unspecified atom stereocenters. The lowest BCUT2D eigenvalue weighted by Gasteiger charge is -2.39. The quantitative estimate of drug-likeness (QED) is 0.814. The Morgan fingerprint density at radius 2 is 2.00 bits per heavy atom. The minimum Gasteiger partial charge on any atom is -0.384 e. The largest absolute Gasteiger partial charge is 0.384 e. The average molecular weight is 251 g/mol. The molecule has 0 bridgehead atoms. The zero-order valence-corrected chi connectivity index (χ0v) is 11.2. The van der Waals surface area contributed by atoms with Crippen LogP contribution in [0.4, 0.5) is 0 Å². The number of piperidine rings is 1. The molecule has 1 fully saturated rings. The first-order chi connectivity index (χ1) is 6.98. The zero-order chi connectivity index (χ0) is 11.5. The summed E-state index contributed by atoms with van der Waals surface area (Å²) in [6.45, 7) is 6.34. The van der Waals surface area contributed by atoms with Gasteiger partial charge in [-0.15, -0.1) is 12.4 Å². The molecule has 0 aromatic carbocycles. The topological polar surface area (TPSA) is 55.6 Å². The van der Waals surface area contributed by atoms with Crippen molar-refractivity contribution in [3.63, 3.8) is 0 Å². The van der Waals surface area contributed by atoms with Gasteiger partial charge in [0.2, 0.25) is 5.91 Å². The van der Waals surface area contributed by atoms with Crippen molar-refractivity contribution < 1.29 is 9.53 Å². The first-order valence-corrected chi connectivity index (χ1v) is 5.52. The number of ether oxygens (including phenoxy) is 1. The number of nitrogens with two attached hydrogens (primary N) is 1. The molecule has 96 valence electrons. The fourth-order valence-electron chi connectivity index (χ4n) is 2.05. The Labute approximate surface area is 104 Å². The Morgan fingerprint density at radius 3 is 2.38 bits per heavy atom. The molecule has 1 aliphatic heterocycles. The molecule has 0 aromatic heterocycles. The van der Waals surface area contributed by atoms with Crippen molar-refractivity contribution in [1.29, 1.82) is 0 Å². The third-order valence-corrected chi connectivity index (χ3v) is 3.16. The van der Waals surface area contributed by atoms with E-state index in [1.54, 1.807) is 14.0 Å². The van der Waals surface area contributed by atoms with Gasteiger partial charge in [-0.05, 0) is 25.2 Å². The smallest absolute Gasteiger partial charge is 0.239 e. The second-order valence-corrected chi connectivity index (χ2v) is 4.86. The third-order valence-electron chi connectivity index (χ3n) is 3.16. The van der Waals surface area contributed by atoms with Crippen molar-refractivity contribution in [3.8, 4) is 0 Å². The van der Waals surface area contributed by atoms with Crippen LogP contribution in [0, 0.1) is 5.41 Å². The molecule has 0 saturated carbocycles. The van der Waals surface area contributed by atoms with Gasteiger partial charge < -0.3 is 15.4 Å². The lowest BCUT2D eigenvalue weighted by atomic mass is 9.81. The van der Waals surface area contributed by atoms with Crippen LogP contribution in [0.2, 0.25) is 0 Å². The van der Waals surface area contributed by atoms with Crippen molar-refractivity contribution in [2.75, 3.05) is 26.8 Å². The molecule has 16 heavy (non-hydrogen) atoms. The standard InChI is InChI=1S/C11H22N2O2.ClH/c1-9(12)10(14)13-6-4-11(2,5-7-13)8-15-3;/h9H,4-8,12H2,1-3H3;1H/t9-;/m1./s1. The number of hydrogen-bond acceptors (Lipinski definition) is 3. The minimum absolute atomic E-state index is 0. The lowest BCUT2D eigenvalue weighted by Crippen LogP contribution is -2.48. The number of carbonyl (C=O) groups is 1. The van der Waals surface area contributed by atoms with Crippen LogP contribution in [0.1, 0.15) is 26.7 Å². The first-order valence-electron chi connectivity index (χ1n) is 5.52. The van der Waals surface area contributed by atoms with Gasteiger partial charge in [-0.1, -0.05) is 6.92 Å². The Balaban J connectivity index is 0.00000225. The van der Waals surface area contributed by atoms with Crippen molar-refractivity contribution in [1.82, 2.24) is 4.90 Å². The van der Waals surface area contributed by atoms with Crippen LogP contribution in [0.15, 0.2) is 0 Å². The second-order valence-electron chi connectivity index (χ2n) is 4.86. The van der Waals surface area contributed by atoms with Crippen molar-refractivity contribution in [2.45, 2.75) is 32.7 Å². The predicted molar refractivity (Wildman–Crippen MR) is 66.7 cm³/mol. The molecular formula is C11H23ClN2O2. The van der Waals surface area contributed by atoms with E-state index in [4.69, 9.17) is 10.5 Å². The maximum absolute atomic E-state index is 11.6. The number of hydrogen-bond donors (Lipinski definition) is 1. The van der Waals surface area contributed by atoms with Crippen molar-refractivity contribution in [3.05, 3.63) is 0 Å². The lowest BCUT2D eigenvalue weighted by molar-refractivity contribution is -0.134. The van der Waals surface area contributed by atoms with Crippen LogP contribution >= 0.6 is 12.4 Å². The summed E-state index contributed by atoms with van der Waals surface area (Å²) >= 11 is 0. The van der Waals surface area contributed by atoms with Crippen molar-refractivity contribution >= 4 is 18.3 Å². The normalized spacial score (nSPS) is 21.1. The van der Waals surface area contributed by atoms with E-state index in [0.717, 1.165) is 32.5 Å². The summed E-state index contributed by atoms with van der Waals surface area (Å²) in [6, 6.07) is -0.378. The van der Waals surface area contributed by atoms with Gasteiger partial charge in [-0.2, -0.15) is 0 Å². The molecule has 1 saturated heterocycles. The summed E-state index contributed by atoms with van der Waals surface area (Å²) in [5.74, 6) is 0.0643. The Bertz CT molecular complexity index is 226. The van der Waals surface area contributed by atoms with E-state index in [1.165, 1.54) is 0 Å². The van der Waals surface area contributed by atoms with E-state index in [2.05, 4.69) is 6.92 Å². The van der Waals surface area contributed by atoms with Crippen LogP contribution in [0.3, 0.4) is 0 Å². The number of rotatable bonds is 3. The van der Waals surface area contributed by atoms with Gasteiger partial charge in [0.1, 0.15) is 0 Å². The van der Waals surface area contributed by atoms with Gasteiger partial charge >= 0.3 is 0 Å². The number of halogens is 1. The van der Waals surface area contributed by atoms with Crippen LogP contribution in [0.25, 0.3) is 0 Å². The van der Waals surface area contributed by atoms with Gasteiger partial charge in [0.15, 0.2) is 0 Å². The molecule has 0 aliphatic carbocycles. The van der Waals surface area contributed by atoms with Gasteiger partial charge in [0.05, 0.1) is 12.6 Å². The molecule has 1 rings (SSSR count). The maximum Gasteiger partial charge on any atom is 0.239 e. The van der Waals surface area contributed by atoms with Gasteiger partial charge in [0, 0.05) is 20.2 Å². The second kappa shape index (κ2) is 6.42. The summed E-state index contributed by atoms with van der Waals surface area (Å²) in [4.78, 5) is 13.5. The highest BCUT2D eigenvalue weighted by atomic mass is 35.5. The summed E-state index contributed by atoms with van der Waals surface area (Å²) in [5.41, 5.74) is 5.80. The Kier molecular flexibility index (Phi) is 6.30. The van der Waals surface area contributed by atoms with Crippen molar-refractivity contribution in [2.24, 2.45) is 11.1 Å². The van der Waals surface area contributed by atoms with Gasteiger partial charge in [-0.3, -0.25) is 4.79 Å². The number of amides is 1. The molecule has 1 amide bonds. The average Bonchev–Trinajstić information content (AvgIpc) is 2.18.